The second-order valence-electron chi connectivity index (χ2n) is 8.99. The van der Waals surface area contributed by atoms with E-state index in [4.69, 9.17) is 9.72 Å². The van der Waals surface area contributed by atoms with Crippen molar-refractivity contribution in [3.63, 3.8) is 0 Å². The summed E-state index contributed by atoms with van der Waals surface area (Å²) in [7, 11) is 0. The van der Waals surface area contributed by atoms with Crippen LogP contribution >= 0.6 is 0 Å². The predicted octanol–water partition coefficient (Wildman–Crippen LogP) is 6.06. The molecule has 4 aromatic rings. The van der Waals surface area contributed by atoms with Crippen LogP contribution in [0, 0.1) is 27.7 Å². The van der Waals surface area contributed by atoms with Gasteiger partial charge in [-0.3, -0.25) is 4.79 Å². The Bertz CT molecular complexity index is 1310. The molecule has 5 heteroatoms. The normalized spacial score (nSPS) is 11.1. The minimum absolute atomic E-state index is 0.0713. The topological polar surface area (TPSA) is 56.2 Å². The van der Waals surface area contributed by atoms with Crippen molar-refractivity contribution in [3.8, 4) is 5.75 Å². The summed E-state index contributed by atoms with van der Waals surface area (Å²) in [6.45, 7) is 10.0. The van der Waals surface area contributed by atoms with Gasteiger partial charge in [-0.25, -0.2) is 4.98 Å². The van der Waals surface area contributed by atoms with Crippen LogP contribution in [0.4, 0.5) is 0 Å². The van der Waals surface area contributed by atoms with Crippen molar-refractivity contribution < 1.29 is 9.53 Å². The molecule has 0 bridgehead atoms. The van der Waals surface area contributed by atoms with Crippen LogP contribution in [-0.4, -0.2) is 22.1 Å². The monoisotopic (exact) mass is 455 g/mol. The molecule has 0 atom stereocenters. The molecular formula is C29H33N3O2. The van der Waals surface area contributed by atoms with Crippen LogP contribution in [0.1, 0.15) is 51.3 Å². The molecule has 0 aliphatic heterocycles. The Morgan fingerprint density at radius 2 is 1.68 bits per heavy atom. The Morgan fingerprint density at radius 3 is 2.50 bits per heavy atom. The van der Waals surface area contributed by atoms with Crippen molar-refractivity contribution in [2.45, 2.75) is 53.6 Å². The first kappa shape index (κ1) is 23.6. The lowest BCUT2D eigenvalue weighted by Crippen LogP contribution is -2.25. The number of nitrogens with zero attached hydrogens (tertiary/aromatic N) is 2. The van der Waals surface area contributed by atoms with E-state index in [9.17, 15) is 4.79 Å². The molecule has 3 aromatic carbocycles. The summed E-state index contributed by atoms with van der Waals surface area (Å²) < 4.78 is 8.24. The summed E-state index contributed by atoms with van der Waals surface area (Å²) in [5.41, 5.74) is 7.24. The van der Waals surface area contributed by atoms with Crippen molar-refractivity contribution in [1.29, 1.82) is 0 Å². The van der Waals surface area contributed by atoms with Crippen molar-refractivity contribution >= 4 is 16.9 Å². The highest BCUT2D eigenvalue weighted by Gasteiger charge is 2.13. The first-order chi connectivity index (χ1) is 16.4. The fraction of sp³-hybridized carbons (Fsp3) is 0.310. The van der Waals surface area contributed by atoms with Gasteiger partial charge in [-0.05, 0) is 81.5 Å². The zero-order valence-electron chi connectivity index (χ0n) is 20.5. The maximum atomic E-state index is 12.8. The average Bonchev–Trinajstić information content (AvgIpc) is 3.17. The predicted molar refractivity (Wildman–Crippen MR) is 137 cm³/mol. The quantitative estimate of drug-likeness (QED) is 0.312. The lowest BCUT2D eigenvalue weighted by atomic mass is 10.1. The summed E-state index contributed by atoms with van der Waals surface area (Å²) in [5.74, 6) is 1.76. The maximum absolute atomic E-state index is 12.8. The molecule has 5 nitrogen and oxygen atoms in total. The summed E-state index contributed by atoms with van der Waals surface area (Å²) in [6, 6.07) is 20.3. The molecule has 0 aliphatic rings. The van der Waals surface area contributed by atoms with Gasteiger partial charge >= 0.3 is 0 Å². The molecule has 0 radical (unpaired) electrons. The first-order valence-electron chi connectivity index (χ1n) is 11.9. The zero-order valence-corrected chi connectivity index (χ0v) is 20.5. The second kappa shape index (κ2) is 10.6. The third-order valence-electron chi connectivity index (χ3n) is 6.14. The second-order valence-corrected chi connectivity index (χ2v) is 8.99. The van der Waals surface area contributed by atoms with E-state index in [-0.39, 0.29) is 5.91 Å². The molecule has 34 heavy (non-hydrogen) atoms. The van der Waals surface area contributed by atoms with E-state index in [1.54, 1.807) is 0 Å². The number of unbranched alkanes of at least 4 members (excludes halogenated alkanes) is 1. The number of nitrogens with one attached hydrogen (secondary N) is 1. The highest BCUT2D eigenvalue weighted by Crippen LogP contribution is 2.20. The molecule has 0 saturated heterocycles. The molecule has 176 valence electrons. The third-order valence-corrected chi connectivity index (χ3v) is 6.14. The number of rotatable bonds is 9. The van der Waals surface area contributed by atoms with Crippen LogP contribution < -0.4 is 10.1 Å². The van der Waals surface area contributed by atoms with E-state index in [0.29, 0.717) is 18.7 Å². The van der Waals surface area contributed by atoms with Gasteiger partial charge in [-0.1, -0.05) is 42.0 Å². The van der Waals surface area contributed by atoms with Crippen molar-refractivity contribution in [2.75, 3.05) is 6.61 Å². The fourth-order valence-electron chi connectivity index (χ4n) is 4.25. The number of aryl methyl sites for hydroxylation is 5. The molecule has 0 saturated carbocycles. The number of benzene rings is 3. The lowest BCUT2D eigenvalue weighted by molar-refractivity contribution is 0.0949. The van der Waals surface area contributed by atoms with Crippen molar-refractivity contribution in [3.05, 3.63) is 94.3 Å². The largest absolute Gasteiger partial charge is 0.493 e. The van der Waals surface area contributed by atoms with Gasteiger partial charge in [0, 0.05) is 12.1 Å². The van der Waals surface area contributed by atoms with Gasteiger partial charge in [0.25, 0.3) is 5.91 Å². The van der Waals surface area contributed by atoms with E-state index < -0.39 is 0 Å². The van der Waals surface area contributed by atoms with Crippen LogP contribution in [0.2, 0.25) is 0 Å². The SMILES string of the molecule is Cc1ccc(C(=O)NCc2nc3ccccc3n2CCCCOc2cc(C)ccc2C)c(C)c1. The van der Waals surface area contributed by atoms with Gasteiger partial charge in [0.15, 0.2) is 0 Å². The van der Waals surface area contributed by atoms with E-state index in [1.165, 1.54) is 5.56 Å². The molecular weight excluding hydrogens is 422 g/mol. The molecule has 1 heterocycles. The number of aromatic nitrogens is 2. The van der Waals surface area contributed by atoms with Crippen LogP contribution in [0.25, 0.3) is 11.0 Å². The number of amides is 1. The summed E-state index contributed by atoms with van der Waals surface area (Å²) in [5, 5.41) is 3.06. The molecule has 1 aromatic heterocycles. The highest BCUT2D eigenvalue weighted by molar-refractivity contribution is 5.95. The van der Waals surface area contributed by atoms with Gasteiger partial charge in [0.05, 0.1) is 24.2 Å². The van der Waals surface area contributed by atoms with E-state index >= 15 is 0 Å². The minimum Gasteiger partial charge on any atom is -0.493 e. The Morgan fingerprint density at radius 1 is 0.912 bits per heavy atom. The van der Waals surface area contributed by atoms with Gasteiger partial charge in [0.2, 0.25) is 0 Å². The van der Waals surface area contributed by atoms with E-state index in [1.807, 2.05) is 50.2 Å². The zero-order chi connectivity index (χ0) is 24.1. The van der Waals surface area contributed by atoms with Gasteiger partial charge < -0.3 is 14.6 Å². The number of carbonyl (C=O) groups excluding carboxylic acids is 1. The Hall–Kier alpha value is -3.60. The van der Waals surface area contributed by atoms with Gasteiger partial charge in [-0.15, -0.1) is 0 Å². The lowest BCUT2D eigenvalue weighted by Gasteiger charge is -2.12. The van der Waals surface area contributed by atoms with Crippen molar-refractivity contribution in [2.24, 2.45) is 0 Å². The van der Waals surface area contributed by atoms with Crippen LogP contribution in [0.5, 0.6) is 5.75 Å². The molecule has 4 rings (SSSR count). The number of para-hydroxylation sites is 2. The molecule has 0 unspecified atom stereocenters. The molecule has 0 spiro atoms. The number of imidazole rings is 1. The Balaban J connectivity index is 1.39. The Labute approximate surface area is 201 Å². The molecule has 0 aliphatic carbocycles. The molecule has 1 amide bonds. The molecule has 1 N–H and O–H groups in total. The van der Waals surface area contributed by atoms with Gasteiger partial charge in [-0.2, -0.15) is 0 Å². The standard InChI is InChI=1S/C29H33N3O2/c1-20-12-14-24(23(4)17-20)29(33)30-19-28-31-25-9-5-6-10-26(25)32(28)15-7-8-16-34-27-18-21(2)11-13-22(27)3/h5-6,9-14,17-18H,7-8,15-16,19H2,1-4H3,(H,30,33). The number of hydrogen-bond donors (Lipinski definition) is 1. The number of fused-ring (bicyclic) bond motifs is 1. The van der Waals surface area contributed by atoms with Crippen LogP contribution in [0.15, 0.2) is 60.7 Å². The third kappa shape index (κ3) is 5.48. The Kier molecular flexibility index (Phi) is 7.31. The maximum Gasteiger partial charge on any atom is 0.251 e. The minimum atomic E-state index is -0.0713. The van der Waals surface area contributed by atoms with Crippen molar-refractivity contribution in [1.82, 2.24) is 14.9 Å². The summed E-state index contributed by atoms with van der Waals surface area (Å²) in [6.07, 6.45) is 1.90. The highest BCUT2D eigenvalue weighted by atomic mass is 16.5. The first-order valence-corrected chi connectivity index (χ1v) is 11.9. The summed E-state index contributed by atoms with van der Waals surface area (Å²) >= 11 is 0. The average molecular weight is 456 g/mol. The van der Waals surface area contributed by atoms with Gasteiger partial charge in [0.1, 0.15) is 11.6 Å². The van der Waals surface area contributed by atoms with E-state index in [2.05, 4.69) is 48.0 Å². The fourth-order valence-corrected chi connectivity index (χ4v) is 4.25. The van der Waals surface area contributed by atoms with Crippen LogP contribution in [0.3, 0.4) is 0 Å². The summed E-state index contributed by atoms with van der Waals surface area (Å²) in [4.78, 5) is 17.6. The smallest absolute Gasteiger partial charge is 0.251 e. The number of carbonyl (C=O) groups is 1. The number of hydrogen-bond acceptors (Lipinski definition) is 3. The molecule has 0 fully saturated rings. The van der Waals surface area contributed by atoms with E-state index in [0.717, 1.165) is 58.7 Å². The van der Waals surface area contributed by atoms with Crippen LogP contribution in [-0.2, 0) is 13.1 Å². The number of ether oxygens (including phenoxy) is 1.